The van der Waals surface area contributed by atoms with Gasteiger partial charge in [0, 0.05) is 30.4 Å². The van der Waals surface area contributed by atoms with Gasteiger partial charge >= 0.3 is 0 Å². The van der Waals surface area contributed by atoms with E-state index in [1.165, 1.54) is 36.8 Å². The van der Waals surface area contributed by atoms with E-state index in [0.29, 0.717) is 17.1 Å². The Hall–Kier alpha value is -3.80. The molecule has 1 fully saturated rings. The summed E-state index contributed by atoms with van der Waals surface area (Å²) in [6, 6.07) is 15.5. The Morgan fingerprint density at radius 1 is 0.974 bits per heavy atom. The van der Waals surface area contributed by atoms with Gasteiger partial charge in [0.15, 0.2) is 11.6 Å². The van der Waals surface area contributed by atoms with Crippen molar-refractivity contribution in [2.45, 2.75) is 42.7 Å². The molecule has 0 radical (unpaired) electrons. The van der Waals surface area contributed by atoms with Crippen molar-refractivity contribution in [3.63, 3.8) is 0 Å². The van der Waals surface area contributed by atoms with Gasteiger partial charge in [-0.15, -0.1) is 0 Å². The molecule has 1 saturated carbocycles. The first-order valence-corrected chi connectivity index (χ1v) is 14.2. The standard InChI is InChI=1S/C27H26ClFN6O3S/c28-21-5-1-2-6-25(21)39(36,37)35-19-11-12-24(22(29)14-19)38-27-20(4-3-13-31-27)23-15-26(33-16-32-23)34-18-9-7-17(30)8-10-18/h1-6,11-18,35H,7-10,30H2,(H,32,33,34). The summed E-state index contributed by atoms with van der Waals surface area (Å²) in [4.78, 5) is 12.8. The predicted octanol–water partition coefficient (Wildman–Crippen LogP) is 5.61. The lowest BCUT2D eigenvalue weighted by Gasteiger charge is -2.27. The predicted molar refractivity (Wildman–Crippen MR) is 148 cm³/mol. The van der Waals surface area contributed by atoms with Crippen molar-refractivity contribution >= 4 is 33.1 Å². The SMILES string of the molecule is NC1CCC(Nc2cc(-c3cccnc3Oc3ccc(NS(=O)(=O)c4ccccc4Cl)cc3F)ncn2)CC1. The number of benzene rings is 2. The number of sulfonamides is 1. The third kappa shape index (κ3) is 6.44. The fourth-order valence-corrected chi connectivity index (χ4v) is 5.92. The van der Waals surface area contributed by atoms with Gasteiger partial charge in [0.1, 0.15) is 17.0 Å². The van der Waals surface area contributed by atoms with Crippen LogP contribution in [-0.4, -0.2) is 35.5 Å². The maximum atomic E-state index is 15.0. The summed E-state index contributed by atoms with van der Waals surface area (Å²) in [6.07, 6.45) is 6.82. The molecule has 2 aromatic carbocycles. The molecule has 0 aliphatic heterocycles. The first-order chi connectivity index (χ1) is 18.8. The van der Waals surface area contributed by atoms with E-state index < -0.39 is 15.8 Å². The lowest BCUT2D eigenvalue weighted by molar-refractivity contribution is 0.410. The molecule has 0 amide bonds. The van der Waals surface area contributed by atoms with Crippen LogP contribution < -0.4 is 20.5 Å². The van der Waals surface area contributed by atoms with Crippen LogP contribution in [0.4, 0.5) is 15.9 Å². The summed E-state index contributed by atoms with van der Waals surface area (Å²) in [5, 5.41) is 3.49. The van der Waals surface area contributed by atoms with Gasteiger partial charge < -0.3 is 15.8 Å². The van der Waals surface area contributed by atoms with E-state index in [4.69, 9.17) is 22.1 Å². The van der Waals surface area contributed by atoms with Crippen LogP contribution in [0, 0.1) is 5.82 Å². The average molecular weight is 569 g/mol. The highest BCUT2D eigenvalue weighted by atomic mass is 35.5. The number of ether oxygens (including phenoxy) is 1. The summed E-state index contributed by atoms with van der Waals surface area (Å²) in [6.45, 7) is 0. The van der Waals surface area contributed by atoms with Crippen LogP contribution in [0.5, 0.6) is 11.6 Å². The quantitative estimate of drug-likeness (QED) is 0.250. The number of anilines is 2. The normalized spacial score (nSPS) is 17.4. The molecular formula is C27H26ClFN6O3S. The van der Waals surface area contributed by atoms with Gasteiger partial charge in [0.05, 0.1) is 22.0 Å². The maximum Gasteiger partial charge on any atom is 0.263 e. The Labute approximate surface area is 230 Å². The Morgan fingerprint density at radius 3 is 2.54 bits per heavy atom. The largest absolute Gasteiger partial charge is 0.435 e. The number of nitrogens with zero attached hydrogens (tertiary/aromatic N) is 3. The smallest absolute Gasteiger partial charge is 0.263 e. The minimum absolute atomic E-state index is 0.0104. The van der Waals surface area contributed by atoms with Gasteiger partial charge in [-0.25, -0.2) is 27.8 Å². The fraction of sp³-hybridized carbons (Fsp3) is 0.222. The van der Waals surface area contributed by atoms with E-state index in [-0.39, 0.29) is 39.3 Å². The van der Waals surface area contributed by atoms with Crippen LogP contribution in [-0.2, 0) is 10.0 Å². The van der Waals surface area contributed by atoms with Crippen LogP contribution in [0.1, 0.15) is 25.7 Å². The fourth-order valence-electron chi connectivity index (χ4n) is 4.35. The minimum atomic E-state index is -4.02. The zero-order valence-electron chi connectivity index (χ0n) is 20.7. The van der Waals surface area contributed by atoms with Crippen molar-refractivity contribution in [1.82, 2.24) is 15.0 Å². The molecule has 9 nitrogen and oxygen atoms in total. The van der Waals surface area contributed by atoms with Crippen LogP contribution in [0.2, 0.25) is 5.02 Å². The molecule has 0 saturated heterocycles. The molecule has 0 unspecified atom stereocenters. The van der Waals surface area contributed by atoms with Crippen molar-refractivity contribution in [3.05, 3.63) is 84.0 Å². The van der Waals surface area contributed by atoms with E-state index in [1.54, 1.807) is 30.3 Å². The number of rotatable bonds is 8. The lowest BCUT2D eigenvalue weighted by Crippen LogP contribution is -2.33. The topological polar surface area (TPSA) is 132 Å². The molecule has 202 valence electrons. The maximum absolute atomic E-state index is 15.0. The van der Waals surface area contributed by atoms with Gasteiger partial charge in [0.25, 0.3) is 10.0 Å². The van der Waals surface area contributed by atoms with Crippen LogP contribution >= 0.6 is 11.6 Å². The highest BCUT2D eigenvalue weighted by Gasteiger charge is 2.21. The Bertz CT molecular complexity index is 1580. The van der Waals surface area contributed by atoms with E-state index in [2.05, 4.69) is 25.0 Å². The van der Waals surface area contributed by atoms with E-state index in [0.717, 1.165) is 31.7 Å². The number of nitrogens with one attached hydrogen (secondary N) is 2. The molecule has 0 bridgehead atoms. The van der Waals surface area contributed by atoms with E-state index >= 15 is 4.39 Å². The second-order valence-corrected chi connectivity index (χ2v) is 11.2. The number of hydrogen-bond donors (Lipinski definition) is 3. The zero-order chi connectivity index (χ0) is 27.4. The van der Waals surface area contributed by atoms with Crippen LogP contribution in [0.3, 0.4) is 0 Å². The number of pyridine rings is 1. The number of halogens is 2. The monoisotopic (exact) mass is 568 g/mol. The first kappa shape index (κ1) is 26.8. The van der Waals surface area contributed by atoms with Gasteiger partial charge in [-0.2, -0.15) is 0 Å². The summed E-state index contributed by atoms with van der Waals surface area (Å²) in [5.74, 6) is -0.126. The van der Waals surface area contributed by atoms with Gasteiger partial charge in [-0.05, 0) is 62.1 Å². The second kappa shape index (κ2) is 11.5. The number of nitrogens with two attached hydrogens (primary N) is 1. The Balaban J connectivity index is 1.34. The second-order valence-electron chi connectivity index (χ2n) is 9.18. The van der Waals surface area contributed by atoms with Crippen molar-refractivity contribution in [2.75, 3.05) is 10.0 Å². The zero-order valence-corrected chi connectivity index (χ0v) is 22.3. The average Bonchev–Trinajstić information content (AvgIpc) is 2.92. The molecule has 2 heterocycles. The molecule has 1 aliphatic rings. The van der Waals surface area contributed by atoms with Crippen molar-refractivity contribution in [3.8, 4) is 22.9 Å². The molecule has 39 heavy (non-hydrogen) atoms. The lowest BCUT2D eigenvalue weighted by atomic mass is 9.92. The molecule has 1 aliphatic carbocycles. The van der Waals surface area contributed by atoms with Crippen molar-refractivity contribution < 1.29 is 17.5 Å². The molecule has 12 heteroatoms. The highest BCUT2D eigenvalue weighted by Crippen LogP contribution is 2.34. The molecule has 4 N–H and O–H groups in total. The van der Waals surface area contributed by atoms with E-state index in [1.807, 2.05) is 0 Å². The van der Waals surface area contributed by atoms with E-state index in [9.17, 15) is 8.42 Å². The third-order valence-electron chi connectivity index (χ3n) is 6.35. The molecule has 0 atom stereocenters. The summed E-state index contributed by atoms with van der Waals surface area (Å²) in [7, 11) is -4.02. The molecule has 4 aromatic rings. The van der Waals surface area contributed by atoms with Crippen molar-refractivity contribution in [2.24, 2.45) is 5.73 Å². The third-order valence-corrected chi connectivity index (χ3v) is 8.24. The molecule has 5 rings (SSSR count). The van der Waals surface area contributed by atoms with Gasteiger partial charge in [-0.1, -0.05) is 23.7 Å². The molecule has 2 aromatic heterocycles. The van der Waals surface area contributed by atoms with Crippen molar-refractivity contribution in [1.29, 1.82) is 0 Å². The Kier molecular flexibility index (Phi) is 7.92. The molecular weight excluding hydrogens is 543 g/mol. The van der Waals surface area contributed by atoms with Crippen LogP contribution in [0.25, 0.3) is 11.3 Å². The van der Waals surface area contributed by atoms with Gasteiger partial charge in [-0.3, -0.25) is 4.72 Å². The summed E-state index contributed by atoms with van der Waals surface area (Å²) >= 11 is 6.01. The Morgan fingerprint density at radius 2 is 1.77 bits per heavy atom. The van der Waals surface area contributed by atoms with Crippen LogP contribution in [0.15, 0.2) is 78.1 Å². The molecule has 0 spiro atoms. The summed E-state index contributed by atoms with van der Waals surface area (Å²) < 4.78 is 48.6. The highest BCUT2D eigenvalue weighted by molar-refractivity contribution is 7.92. The summed E-state index contributed by atoms with van der Waals surface area (Å²) in [5.41, 5.74) is 7.11. The number of hydrogen-bond acceptors (Lipinski definition) is 8. The number of aromatic nitrogens is 3. The first-order valence-electron chi connectivity index (χ1n) is 12.3. The minimum Gasteiger partial charge on any atom is -0.435 e. The van der Waals surface area contributed by atoms with Gasteiger partial charge in [0.2, 0.25) is 5.88 Å².